The van der Waals surface area contributed by atoms with Gasteiger partial charge in [-0.3, -0.25) is 19.8 Å². The van der Waals surface area contributed by atoms with Crippen molar-refractivity contribution in [2.24, 2.45) is 0 Å². The van der Waals surface area contributed by atoms with E-state index in [0.717, 1.165) is 30.4 Å². The fourth-order valence-electron chi connectivity index (χ4n) is 3.60. The number of nitrogens with zero attached hydrogens (tertiary/aromatic N) is 1. The second kappa shape index (κ2) is 8.69. The van der Waals surface area contributed by atoms with E-state index < -0.39 is 5.60 Å². The van der Waals surface area contributed by atoms with E-state index in [0.29, 0.717) is 19.4 Å². The summed E-state index contributed by atoms with van der Waals surface area (Å²) in [5, 5.41) is 2.39. The monoisotopic (exact) mass is 396 g/mol. The number of rotatable bonds is 1. The van der Waals surface area contributed by atoms with Crippen LogP contribution in [0.25, 0.3) is 0 Å². The summed E-state index contributed by atoms with van der Waals surface area (Å²) in [6.07, 6.45) is 3.40. The number of carbonyl (C=O) groups excluding carboxylic acids is 3. The summed E-state index contributed by atoms with van der Waals surface area (Å²) in [6.45, 7) is 6.24. The van der Waals surface area contributed by atoms with E-state index in [-0.39, 0.29) is 29.9 Å². The fourth-order valence-corrected chi connectivity index (χ4v) is 3.60. The third-order valence-corrected chi connectivity index (χ3v) is 5.07. The molecule has 2 saturated heterocycles. The van der Waals surface area contributed by atoms with Crippen LogP contribution in [0.2, 0.25) is 0 Å². The zero-order chi connectivity index (χ0) is 21.0. The Hall–Kier alpha value is -2.81. The highest BCUT2D eigenvalue weighted by molar-refractivity contribution is 6.00. The molecule has 0 spiro atoms. The molecule has 0 radical (unpaired) electrons. The third-order valence-electron chi connectivity index (χ3n) is 5.07. The molecule has 0 saturated carbocycles. The van der Waals surface area contributed by atoms with Crippen molar-refractivity contribution in [3.05, 3.63) is 35.4 Å². The molecule has 2 unspecified atom stereocenters. The summed E-state index contributed by atoms with van der Waals surface area (Å²) >= 11 is 0. The van der Waals surface area contributed by atoms with Crippen LogP contribution >= 0.6 is 0 Å². The van der Waals surface area contributed by atoms with Crippen molar-refractivity contribution in [3.8, 4) is 11.8 Å². The molecule has 2 aliphatic heterocycles. The maximum absolute atomic E-state index is 12.5. The lowest BCUT2D eigenvalue weighted by molar-refractivity contribution is -0.134. The first-order valence-corrected chi connectivity index (χ1v) is 10.2. The number of likely N-dealkylation sites (tertiary alicyclic amines) is 1. The highest BCUT2D eigenvalue weighted by Gasteiger charge is 2.30. The summed E-state index contributed by atoms with van der Waals surface area (Å²) < 4.78 is 5.52. The van der Waals surface area contributed by atoms with Crippen molar-refractivity contribution in [1.82, 2.24) is 10.2 Å². The van der Waals surface area contributed by atoms with Crippen LogP contribution in [0.15, 0.2) is 24.3 Å². The van der Waals surface area contributed by atoms with Crippen LogP contribution < -0.4 is 5.32 Å². The third kappa shape index (κ3) is 5.60. The van der Waals surface area contributed by atoms with Gasteiger partial charge >= 0.3 is 6.09 Å². The van der Waals surface area contributed by atoms with Crippen LogP contribution in [0.3, 0.4) is 0 Å². The van der Waals surface area contributed by atoms with Crippen LogP contribution in [0.5, 0.6) is 0 Å². The Morgan fingerprint density at radius 1 is 1.14 bits per heavy atom. The van der Waals surface area contributed by atoms with Gasteiger partial charge in [-0.15, -0.1) is 0 Å². The van der Waals surface area contributed by atoms with Gasteiger partial charge in [-0.25, -0.2) is 4.79 Å². The minimum atomic E-state index is -0.529. The van der Waals surface area contributed by atoms with Crippen molar-refractivity contribution in [2.45, 2.75) is 70.4 Å². The molecular formula is C23H28N2O4. The molecule has 2 fully saturated rings. The van der Waals surface area contributed by atoms with E-state index in [2.05, 4.69) is 17.2 Å². The minimum absolute atomic E-state index is 0.159. The maximum atomic E-state index is 12.5. The van der Waals surface area contributed by atoms with E-state index in [4.69, 9.17) is 4.74 Å². The number of amides is 3. The lowest BCUT2D eigenvalue weighted by atomic mass is 9.90. The molecule has 0 bridgehead atoms. The van der Waals surface area contributed by atoms with E-state index in [9.17, 15) is 14.4 Å². The summed E-state index contributed by atoms with van der Waals surface area (Å²) in [5.74, 6) is 5.63. The van der Waals surface area contributed by atoms with Crippen LogP contribution in [-0.4, -0.2) is 41.0 Å². The van der Waals surface area contributed by atoms with Gasteiger partial charge in [-0.2, -0.15) is 0 Å². The Balaban J connectivity index is 1.68. The molecule has 2 atom stereocenters. The lowest BCUT2D eigenvalue weighted by Crippen LogP contribution is -2.45. The first kappa shape index (κ1) is 20.9. The highest BCUT2D eigenvalue weighted by Crippen LogP contribution is 2.25. The average Bonchev–Trinajstić information content (AvgIpc) is 2.66. The Bertz CT molecular complexity index is 842. The van der Waals surface area contributed by atoms with E-state index in [1.54, 1.807) is 4.90 Å². The molecular weight excluding hydrogens is 368 g/mol. The highest BCUT2D eigenvalue weighted by atomic mass is 16.6. The van der Waals surface area contributed by atoms with Crippen LogP contribution in [0.4, 0.5) is 4.79 Å². The first-order valence-electron chi connectivity index (χ1n) is 10.2. The van der Waals surface area contributed by atoms with Gasteiger partial charge in [-0.1, -0.05) is 24.0 Å². The van der Waals surface area contributed by atoms with Gasteiger partial charge in [0.15, 0.2) is 0 Å². The van der Waals surface area contributed by atoms with E-state index in [1.807, 2.05) is 45.0 Å². The Labute approximate surface area is 172 Å². The number of carbonyl (C=O) groups is 3. The fraction of sp³-hybridized carbons (Fsp3) is 0.522. The van der Waals surface area contributed by atoms with Gasteiger partial charge in [-0.05, 0) is 64.2 Å². The van der Waals surface area contributed by atoms with Gasteiger partial charge in [0.25, 0.3) is 0 Å². The number of piperidine rings is 2. The quantitative estimate of drug-likeness (QED) is 0.583. The summed E-state index contributed by atoms with van der Waals surface area (Å²) in [5.41, 5.74) is 1.18. The molecule has 1 aromatic rings. The Kier molecular flexibility index (Phi) is 6.26. The Morgan fingerprint density at radius 2 is 1.86 bits per heavy atom. The largest absolute Gasteiger partial charge is 0.444 e. The molecule has 2 heterocycles. The van der Waals surface area contributed by atoms with Crippen molar-refractivity contribution < 1.29 is 19.1 Å². The number of ether oxygens (including phenoxy) is 1. The van der Waals surface area contributed by atoms with Gasteiger partial charge in [0.2, 0.25) is 11.8 Å². The molecule has 29 heavy (non-hydrogen) atoms. The lowest BCUT2D eigenvalue weighted by Gasteiger charge is -2.34. The smallest absolute Gasteiger partial charge is 0.411 e. The van der Waals surface area contributed by atoms with E-state index >= 15 is 0 Å². The van der Waals surface area contributed by atoms with Gasteiger partial charge < -0.3 is 4.74 Å². The maximum Gasteiger partial charge on any atom is 0.411 e. The normalized spacial score (nSPS) is 22.4. The second-order valence-corrected chi connectivity index (χ2v) is 8.58. The van der Waals surface area contributed by atoms with Gasteiger partial charge in [0.1, 0.15) is 5.60 Å². The molecule has 3 amide bonds. The van der Waals surface area contributed by atoms with Crippen molar-refractivity contribution in [2.75, 3.05) is 6.54 Å². The standard InChI is InChI=1S/C23H28N2O4/c1-23(2,3)29-22(28)25-15-5-4-6-18(25)12-9-16-7-10-17(11-8-16)19-13-14-20(26)24-21(19)27/h7-8,10-11,18-19H,4-6,13-15H2,1-3H3,(H,24,26,27). The van der Waals surface area contributed by atoms with Crippen LogP contribution in [0, 0.1) is 11.8 Å². The van der Waals surface area contributed by atoms with Crippen LogP contribution in [0.1, 0.15) is 69.9 Å². The van der Waals surface area contributed by atoms with Crippen molar-refractivity contribution in [1.29, 1.82) is 0 Å². The zero-order valence-electron chi connectivity index (χ0n) is 17.3. The second-order valence-electron chi connectivity index (χ2n) is 8.58. The molecule has 2 aliphatic rings. The predicted molar refractivity (Wildman–Crippen MR) is 109 cm³/mol. The molecule has 0 aliphatic carbocycles. The van der Waals surface area contributed by atoms with E-state index in [1.165, 1.54) is 0 Å². The molecule has 154 valence electrons. The molecule has 3 rings (SSSR count). The number of imide groups is 1. The molecule has 6 nitrogen and oxygen atoms in total. The summed E-state index contributed by atoms with van der Waals surface area (Å²) in [7, 11) is 0. The number of benzene rings is 1. The van der Waals surface area contributed by atoms with Gasteiger partial charge in [0.05, 0.1) is 12.0 Å². The summed E-state index contributed by atoms with van der Waals surface area (Å²) in [6, 6.07) is 7.38. The number of nitrogens with one attached hydrogen (secondary N) is 1. The SMILES string of the molecule is CC(C)(C)OC(=O)N1CCCCC1C#Cc1ccc(C2CCC(=O)NC2=O)cc1. The first-order chi connectivity index (χ1) is 13.7. The van der Waals surface area contributed by atoms with Crippen molar-refractivity contribution >= 4 is 17.9 Å². The molecule has 6 heteroatoms. The summed E-state index contributed by atoms with van der Waals surface area (Å²) in [4.78, 5) is 37.5. The molecule has 0 aromatic heterocycles. The molecule has 1 N–H and O–H groups in total. The number of hydrogen-bond donors (Lipinski definition) is 1. The predicted octanol–water partition coefficient (Wildman–Crippen LogP) is 3.35. The van der Waals surface area contributed by atoms with Gasteiger partial charge in [0, 0.05) is 18.5 Å². The minimum Gasteiger partial charge on any atom is -0.444 e. The molecule has 1 aromatic carbocycles. The average molecular weight is 396 g/mol. The van der Waals surface area contributed by atoms with Crippen LogP contribution in [-0.2, 0) is 14.3 Å². The number of hydrogen-bond acceptors (Lipinski definition) is 4. The zero-order valence-corrected chi connectivity index (χ0v) is 17.3. The topological polar surface area (TPSA) is 75.7 Å². The Morgan fingerprint density at radius 3 is 2.52 bits per heavy atom. The van der Waals surface area contributed by atoms with Crippen molar-refractivity contribution in [3.63, 3.8) is 0 Å².